The Balaban J connectivity index is 1.38. The zero-order chi connectivity index (χ0) is 18.8. The van der Waals surface area contributed by atoms with Gasteiger partial charge in [0.15, 0.2) is 0 Å². The van der Waals surface area contributed by atoms with Crippen LogP contribution in [-0.4, -0.2) is 52.3 Å². The Morgan fingerprint density at radius 1 is 1.15 bits per heavy atom. The quantitative estimate of drug-likeness (QED) is 0.623. The third kappa shape index (κ3) is 2.58. The first-order valence-electron chi connectivity index (χ1n) is 8.96. The molecule has 1 N–H and O–H groups in total. The number of esters is 1. The van der Waals surface area contributed by atoms with Crippen molar-refractivity contribution in [2.45, 2.75) is 55.8 Å². The summed E-state index contributed by atoms with van der Waals surface area (Å²) in [6, 6.07) is 7.03. The van der Waals surface area contributed by atoms with Gasteiger partial charge in [0, 0.05) is 19.8 Å². The second-order valence-corrected chi connectivity index (χ2v) is 9.19. The second-order valence-electron chi connectivity index (χ2n) is 7.29. The monoisotopic (exact) mass is 405 g/mol. The number of ether oxygens (including phenoxy) is 2. The molecule has 5 atom stereocenters. The number of aliphatic hydroxyl groups is 1. The Hall–Kier alpha value is -1.74. The van der Waals surface area contributed by atoms with Crippen molar-refractivity contribution in [3.63, 3.8) is 0 Å². The third-order valence-electron chi connectivity index (χ3n) is 5.73. The first-order chi connectivity index (χ1) is 13.0. The summed E-state index contributed by atoms with van der Waals surface area (Å²) in [6.45, 7) is 1.57. The van der Waals surface area contributed by atoms with E-state index >= 15 is 0 Å². The Bertz CT molecular complexity index is 813. The van der Waals surface area contributed by atoms with Crippen LogP contribution < -0.4 is 0 Å². The molecule has 2 bridgehead atoms. The van der Waals surface area contributed by atoms with Crippen molar-refractivity contribution in [2.75, 3.05) is 0 Å². The Labute approximate surface area is 164 Å². The number of nitrogens with zero attached hydrogens (tertiary/aromatic N) is 1. The molecule has 3 fully saturated rings. The lowest BCUT2D eigenvalue weighted by Gasteiger charge is -2.40. The summed E-state index contributed by atoms with van der Waals surface area (Å²) in [6.07, 6.45) is 0.903. The van der Waals surface area contributed by atoms with Gasteiger partial charge in [-0.05, 0) is 22.9 Å². The van der Waals surface area contributed by atoms with Crippen LogP contribution in [0.5, 0.6) is 0 Å². The fourth-order valence-corrected chi connectivity index (χ4v) is 6.25. The van der Waals surface area contributed by atoms with E-state index < -0.39 is 11.6 Å². The highest BCUT2D eigenvalue weighted by atomic mass is 32.1. The zero-order valence-corrected chi connectivity index (χ0v) is 16.2. The summed E-state index contributed by atoms with van der Waals surface area (Å²) >= 11 is 2.65. The van der Waals surface area contributed by atoms with E-state index in [4.69, 9.17) is 9.47 Å². The lowest BCUT2D eigenvalue weighted by Crippen LogP contribution is -2.53. The van der Waals surface area contributed by atoms with Crippen LogP contribution in [0.2, 0.25) is 0 Å². The van der Waals surface area contributed by atoms with E-state index in [0.29, 0.717) is 22.6 Å². The van der Waals surface area contributed by atoms with Gasteiger partial charge in [0.2, 0.25) is 11.5 Å². The molecule has 1 unspecified atom stereocenters. The molecule has 0 radical (unpaired) electrons. The molecule has 0 aromatic carbocycles. The largest absolute Gasteiger partial charge is 0.460 e. The topological polar surface area (TPSA) is 79.4 Å². The summed E-state index contributed by atoms with van der Waals surface area (Å²) < 4.78 is 11.5. The number of rotatable bonds is 4. The van der Waals surface area contributed by atoms with Crippen LogP contribution in [0.3, 0.4) is 0 Å². The van der Waals surface area contributed by atoms with Crippen molar-refractivity contribution in [3.8, 4) is 0 Å². The molecule has 27 heavy (non-hydrogen) atoms. The summed E-state index contributed by atoms with van der Waals surface area (Å²) in [4.78, 5) is 28.0. The van der Waals surface area contributed by atoms with Gasteiger partial charge in [-0.1, -0.05) is 12.1 Å². The number of fused-ring (bicyclic) bond motifs is 5. The molecule has 142 valence electrons. The van der Waals surface area contributed by atoms with Gasteiger partial charge in [-0.2, -0.15) is 0 Å². The lowest BCUT2D eigenvalue weighted by atomic mass is 9.96. The minimum absolute atomic E-state index is 0.0410. The maximum absolute atomic E-state index is 13.1. The summed E-state index contributed by atoms with van der Waals surface area (Å²) in [5.74, 6) is -0.609. The Kier molecular flexibility index (Phi) is 3.94. The van der Waals surface area contributed by atoms with Crippen molar-refractivity contribution >= 4 is 34.6 Å². The first kappa shape index (κ1) is 17.4. The van der Waals surface area contributed by atoms with Gasteiger partial charge in [0.25, 0.3) is 0 Å². The van der Waals surface area contributed by atoms with Gasteiger partial charge in [-0.25, -0.2) is 4.79 Å². The molecule has 3 aliphatic rings. The van der Waals surface area contributed by atoms with Crippen molar-refractivity contribution < 1.29 is 24.2 Å². The highest BCUT2D eigenvalue weighted by Crippen LogP contribution is 2.49. The number of carbonyl (C=O) groups excluding carboxylic acids is 2. The van der Waals surface area contributed by atoms with Crippen LogP contribution >= 0.6 is 22.7 Å². The van der Waals surface area contributed by atoms with Crippen LogP contribution in [0.1, 0.15) is 29.5 Å². The maximum Gasteiger partial charge on any atom is 0.349 e. The molecule has 0 aliphatic carbocycles. The molecule has 5 rings (SSSR count). The first-order valence-corrected chi connectivity index (χ1v) is 10.7. The smallest absolute Gasteiger partial charge is 0.349 e. The number of piperidine rings is 1. The number of hydrogen-bond acceptors (Lipinski definition) is 7. The lowest BCUT2D eigenvalue weighted by molar-refractivity contribution is -0.172. The molecule has 0 spiro atoms. The van der Waals surface area contributed by atoms with Crippen molar-refractivity contribution in [3.05, 3.63) is 44.8 Å². The summed E-state index contributed by atoms with van der Waals surface area (Å²) in [7, 11) is 0. The maximum atomic E-state index is 13.1. The van der Waals surface area contributed by atoms with Gasteiger partial charge < -0.3 is 19.5 Å². The molecule has 5 heterocycles. The van der Waals surface area contributed by atoms with Crippen LogP contribution in [0.15, 0.2) is 35.0 Å². The Morgan fingerprint density at radius 2 is 1.70 bits per heavy atom. The average molecular weight is 405 g/mol. The number of amides is 1. The standard InChI is InChI=1S/C19H19NO5S2/c1-10(21)20-12-8-11(9-13(20)17-16(12)25-17)24-18(22)19(23,14-4-2-6-26-14)15-5-3-7-27-15/h2-7,11-13,16-17,23H,8-9H2,1H3/t11?,12-,13+,16-,17-/m1/s1. The average Bonchev–Trinajstić information content (AvgIpc) is 3.04. The number of epoxide rings is 1. The second kappa shape index (κ2) is 6.13. The van der Waals surface area contributed by atoms with Crippen LogP contribution in [0, 0.1) is 0 Å². The molecule has 8 heteroatoms. The number of thiophene rings is 2. The van der Waals surface area contributed by atoms with Crippen molar-refractivity contribution in [1.82, 2.24) is 4.90 Å². The summed E-state index contributed by atoms with van der Waals surface area (Å²) in [5.41, 5.74) is -1.79. The van der Waals surface area contributed by atoms with E-state index in [-0.39, 0.29) is 36.3 Å². The SMILES string of the molecule is CC(=O)N1[C@@H]2CC(OC(=O)C(O)(c3cccs3)c3cccs3)C[C@H]1[C@H]1O[C@@H]12. The molecule has 3 aliphatic heterocycles. The minimum atomic E-state index is -1.79. The van der Waals surface area contributed by atoms with Gasteiger partial charge in [-0.15, -0.1) is 22.7 Å². The van der Waals surface area contributed by atoms with E-state index in [1.165, 1.54) is 22.7 Å². The third-order valence-corrected chi connectivity index (χ3v) is 7.69. The molecule has 0 saturated carbocycles. The fraction of sp³-hybridized carbons (Fsp3) is 0.474. The highest BCUT2D eigenvalue weighted by Gasteiger charge is 2.65. The van der Waals surface area contributed by atoms with Crippen LogP contribution in [-0.2, 0) is 24.7 Å². The van der Waals surface area contributed by atoms with E-state index in [9.17, 15) is 14.7 Å². The predicted octanol–water partition coefficient (Wildman–Crippen LogP) is 2.12. The van der Waals surface area contributed by atoms with Gasteiger partial charge >= 0.3 is 5.97 Å². The zero-order valence-electron chi connectivity index (χ0n) is 14.6. The highest BCUT2D eigenvalue weighted by molar-refractivity contribution is 7.12. The fourth-order valence-electron chi connectivity index (χ4n) is 4.54. The van der Waals surface area contributed by atoms with Gasteiger partial charge in [0.05, 0.1) is 21.8 Å². The minimum Gasteiger partial charge on any atom is -0.460 e. The molecule has 2 aromatic rings. The molecule has 6 nitrogen and oxygen atoms in total. The van der Waals surface area contributed by atoms with Gasteiger partial charge in [0.1, 0.15) is 18.3 Å². The summed E-state index contributed by atoms with van der Waals surface area (Å²) in [5, 5.41) is 15.0. The van der Waals surface area contributed by atoms with Crippen LogP contribution in [0.25, 0.3) is 0 Å². The molecular formula is C19H19NO5S2. The van der Waals surface area contributed by atoms with E-state index in [2.05, 4.69) is 0 Å². The number of carbonyl (C=O) groups is 2. The van der Waals surface area contributed by atoms with Crippen LogP contribution in [0.4, 0.5) is 0 Å². The predicted molar refractivity (Wildman–Crippen MR) is 99.5 cm³/mol. The number of hydrogen-bond donors (Lipinski definition) is 1. The van der Waals surface area contributed by atoms with E-state index in [1.54, 1.807) is 19.1 Å². The molecule has 2 aromatic heterocycles. The molecular weight excluding hydrogens is 386 g/mol. The molecule has 3 saturated heterocycles. The molecule has 1 amide bonds. The van der Waals surface area contributed by atoms with E-state index in [1.807, 2.05) is 27.8 Å². The Morgan fingerprint density at radius 3 is 2.15 bits per heavy atom. The van der Waals surface area contributed by atoms with Crippen molar-refractivity contribution in [2.24, 2.45) is 0 Å². The normalized spacial score (nSPS) is 31.5. The van der Waals surface area contributed by atoms with Gasteiger partial charge in [-0.3, -0.25) is 4.79 Å². The number of morpholine rings is 1. The van der Waals surface area contributed by atoms with E-state index in [0.717, 1.165) is 0 Å². The van der Waals surface area contributed by atoms with Crippen molar-refractivity contribution in [1.29, 1.82) is 0 Å².